The monoisotopic (exact) mass is 270 g/mol. The number of carbonyl (C=O) groups is 2. The molecule has 0 aromatic carbocycles. The highest BCUT2D eigenvalue weighted by atomic mass is 16.5. The minimum atomic E-state index is -0.126. The van der Waals surface area contributed by atoms with E-state index in [0.29, 0.717) is 32.8 Å². The van der Waals surface area contributed by atoms with Gasteiger partial charge in [-0.15, -0.1) is 0 Å². The smallest absolute Gasteiger partial charge is 0.308 e. The molecular formula is C13H22N2O4. The molecule has 6 nitrogen and oxygen atoms in total. The maximum Gasteiger partial charge on any atom is 0.308 e. The van der Waals surface area contributed by atoms with Crippen molar-refractivity contribution in [1.82, 2.24) is 9.80 Å². The van der Waals surface area contributed by atoms with Crippen LogP contribution in [0.3, 0.4) is 0 Å². The van der Waals surface area contributed by atoms with Crippen LogP contribution < -0.4 is 0 Å². The standard InChI is InChI=1S/C13H22N2O4/c1-18-13(17)11-2-4-14(5-3-11)10-12(16)15-6-8-19-9-7-15/h11H,2-10H2,1H3. The van der Waals surface area contributed by atoms with E-state index in [-0.39, 0.29) is 17.8 Å². The van der Waals surface area contributed by atoms with Gasteiger partial charge in [-0.2, -0.15) is 0 Å². The van der Waals surface area contributed by atoms with Crippen molar-refractivity contribution in [3.63, 3.8) is 0 Å². The number of rotatable bonds is 3. The predicted octanol–water partition coefficient (Wildman–Crippen LogP) is -0.270. The molecule has 2 rings (SSSR count). The molecule has 2 aliphatic rings. The van der Waals surface area contributed by atoms with Crippen LogP contribution in [0.1, 0.15) is 12.8 Å². The molecule has 0 radical (unpaired) electrons. The normalized spacial score (nSPS) is 22.3. The summed E-state index contributed by atoms with van der Waals surface area (Å²) < 4.78 is 9.99. The maximum absolute atomic E-state index is 12.1. The lowest BCUT2D eigenvalue weighted by Crippen LogP contribution is -2.47. The van der Waals surface area contributed by atoms with E-state index in [9.17, 15) is 9.59 Å². The lowest BCUT2D eigenvalue weighted by atomic mass is 9.97. The molecule has 0 aliphatic carbocycles. The van der Waals surface area contributed by atoms with Gasteiger partial charge in [0.1, 0.15) is 0 Å². The Labute approximate surface area is 113 Å². The summed E-state index contributed by atoms with van der Waals surface area (Å²) in [5.74, 6) is 0.0405. The average molecular weight is 270 g/mol. The quantitative estimate of drug-likeness (QED) is 0.661. The number of amides is 1. The Kier molecular flexibility index (Phi) is 5.15. The van der Waals surface area contributed by atoms with E-state index in [1.54, 1.807) is 0 Å². The van der Waals surface area contributed by atoms with E-state index in [2.05, 4.69) is 4.90 Å². The third-order valence-electron chi connectivity index (χ3n) is 3.84. The number of carbonyl (C=O) groups excluding carboxylic acids is 2. The van der Waals surface area contributed by atoms with Gasteiger partial charge in [0.05, 0.1) is 32.8 Å². The van der Waals surface area contributed by atoms with Gasteiger partial charge in [0.2, 0.25) is 5.91 Å². The summed E-state index contributed by atoms with van der Waals surface area (Å²) in [6.45, 7) is 4.68. The fraction of sp³-hybridized carbons (Fsp3) is 0.846. The summed E-state index contributed by atoms with van der Waals surface area (Å²) in [6.07, 6.45) is 1.56. The number of piperidine rings is 1. The summed E-state index contributed by atoms with van der Waals surface area (Å²) >= 11 is 0. The molecule has 19 heavy (non-hydrogen) atoms. The Morgan fingerprint density at radius 1 is 1.16 bits per heavy atom. The summed E-state index contributed by atoms with van der Waals surface area (Å²) in [6, 6.07) is 0. The Bertz CT molecular complexity index is 321. The fourth-order valence-electron chi connectivity index (χ4n) is 2.60. The molecule has 2 saturated heterocycles. The molecule has 2 aliphatic heterocycles. The second kappa shape index (κ2) is 6.86. The lowest BCUT2D eigenvalue weighted by molar-refractivity contribution is -0.147. The van der Waals surface area contributed by atoms with Crippen molar-refractivity contribution >= 4 is 11.9 Å². The van der Waals surface area contributed by atoms with Crippen LogP contribution in [0.5, 0.6) is 0 Å². The summed E-state index contributed by atoms with van der Waals surface area (Å²) in [5.41, 5.74) is 0. The third kappa shape index (κ3) is 3.91. The van der Waals surface area contributed by atoms with Gasteiger partial charge in [-0.3, -0.25) is 14.5 Å². The molecule has 108 valence electrons. The van der Waals surface area contributed by atoms with Gasteiger partial charge in [-0.05, 0) is 25.9 Å². The molecule has 0 atom stereocenters. The van der Waals surface area contributed by atoms with Crippen LogP contribution >= 0.6 is 0 Å². The van der Waals surface area contributed by atoms with Crippen LogP contribution in [0, 0.1) is 5.92 Å². The topological polar surface area (TPSA) is 59.1 Å². The number of methoxy groups -OCH3 is 1. The molecule has 1 amide bonds. The number of likely N-dealkylation sites (tertiary alicyclic amines) is 1. The minimum Gasteiger partial charge on any atom is -0.469 e. The van der Waals surface area contributed by atoms with Crippen LogP contribution in [0.25, 0.3) is 0 Å². The second-order valence-corrected chi connectivity index (χ2v) is 5.07. The second-order valence-electron chi connectivity index (χ2n) is 5.07. The molecule has 0 aromatic heterocycles. The summed E-state index contributed by atoms with van der Waals surface area (Å²) in [4.78, 5) is 27.5. The van der Waals surface area contributed by atoms with Gasteiger partial charge in [0.15, 0.2) is 0 Å². The molecule has 0 N–H and O–H groups in total. The highest BCUT2D eigenvalue weighted by Gasteiger charge is 2.27. The first-order valence-corrected chi connectivity index (χ1v) is 6.86. The van der Waals surface area contributed by atoms with Gasteiger partial charge in [0, 0.05) is 13.1 Å². The van der Waals surface area contributed by atoms with Crippen LogP contribution in [0.15, 0.2) is 0 Å². The largest absolute Gasteiger partial charge is 0.469 e. The van der Waals surface area contributed by atoms with Crippen LogP contribution in [-0.4, -0.2) is 74.7 Å². The van der Waals surface area contributed by atoms with E-state index in [1.165, 1.54) is 7.11 Å². The van der Waals surface area contributed by atoms with Crippen LogP contribution in [0.2, 0.25) is 0 Å². The van der Waals surface area contributed by atoms with Gasteiger partial charge in [-0.25, -0.2) is 0 Å². The summed E-state index contributed by atoms with van der Waals surface area (Å²) in [5, 5.41) is 0. The molecule has 2 fully saturated rings. The van der Waals surface area contributed by atoms with E-state index < -0.39 is 0 Å². The first-order valence-electron chi connectivity index (χ1n) is 6.86. The van der Waals surface area contributed by atoms with E-state index in [1.807, 2.05) is 4.90 Å². The zero-order valence-corrected chi connectivity index (χ0v) is 11.5. The Morgan fingerprint density at radius 2 is 1.79 bits per heavy atom. The highest BCUT2D eigenvalue weighted by molar-refractivity contribution is 5.78. The number of morpholine rings is 1. The van der Waals surface area contributed by atoms with Gasteiger partial charge in [-0.1, -0.05) is 0 Å². The molecule has 0 saturated carbocycles. The summed E-state index contributed by atoms with van der Waals surface area (Å²) in [7, 11) is 1.43. The molecule has 0 spiro atoms. The van der Waals surface area contributed by atoms with Crippen molar-refractivity contribution in [1.29, 1.82) is 0 Å². The van der Waals surface area contributed by atoms with Crippen molar-refractivity contribution in [3.05, 3.63) is 0 Å². The SMILES string of the molecule is COC(=O)C1CCN(CC(=O)N2CCOCC2)CC1. The first-order chi connectivity index (χ1) is 9.20. The van der Waals surface area contributed by atoms with Crippen molar-refractivity contribution in [2.75, 3.05) is 53.0 Å². The van der Waals surface area contributed by atoms with Crippen molar-refractivity contribution in [2.45, 2.75) is 12.8 Å². The van der Waals surface area contributed by atoms with Gasteiger partial charge in [0.25, 0.3) is 0 Å². The molecule has 0 bridgehead atoms. The molecule has 0 unspecified atom stereocenters. The molecule has 0 aromatic rings. The Balaban J connectivity index is 1.72. The molecule has 2 heterocycles. The van der Waals surface area contributed by atoms with Crippen molar-refractivity contribution in [2.24, 2.45) is 5.92 Å². The zero-order chi connectivity index (χ0) is 13.7. The van der Waals surface area contributed by atoms with Crippen LogP contribution in [-0.2, 0) is 19.1 Å². The Hall–Kier alpha value is -1.14. The van der Waals surface area contributed by atoms with Gasteiger partial charge >= 0.3 is 5.97 Å². The zero-order valence-electron chi connectivity index (χ0n) is 11.5. The molecule has 6 heteroatoms. The van der Waals surface area contributed by atoms with Crippen molar-refractivity contribution < 1.29 is 19.1 Å². The highest BCUT2D eigenvalue weighted by Crippen LogP contribution is 2.18. The number of nitrogens with zero attached hydrogens (tertiary/aromatic N) is 2. The first kappa shape index (κ1) is 14.3. The number of esters is 1. The fourth-order valence-corrected chi connectivity index (χ4v) is 2.60. The van der Waals surface area contributed by atoms with Gasteiger partial charge < -0.3 is 14.4 Å². The Morgan fingerprint density at radius 3 is 2.37 bits per heavy atom. The van der Waals surface area contributed by atoms with E-state index in [4.69, 9.17) is 9.47 Å². The minimum absolute atomic E-state index is 0.000242. The maximum atomic E-state index is 12.1. The van der Waals surface area contributed by atoms with Crippen LogP contribution in [0.4, 0.5) is 0 Å². The number of ether oxygens (including phenoxy) is 2. The van der Waals surface area contributed by atoms with Crippen molar-refractivity contribution in [3.8, 4) is 0 Å². The number of hydrogen-bond acceptors (Lipinski definition) is 5. The number of hydrogen-bond donors (Lipinski definition) is 0. The van der Waals surface area contributed by atoms with E-state index in [0.717, 1.165) is 25.9 Å². The average Bonchev–Trinajstić information content (AvgIpc) is 2.48. The predicted molar refractivity (Wildman–Crippen MR) is 68.6 cm³/mol. The lowest BCUT2D eigenvalue weighted by Gasteiger charge is -2.33. The molecular weight excluding hydrogens is 248 g/mol. The third-order valence-corrected chi connectivity index (χ3v) is 3.84. The van der Waals surface area contributed by atoms with E-state index >= 15 is 0 Å².